The molecule has 1 heterocycles. The molecule has 3 nitrogen and oxygen atoms in total. The monoisotopic (exact) mass is 372 g/mol. The molecule has 0 fully saturated rings. The Balaban J connectivity index is 2.11. The van der Waals surface area contributed by atoms with Gasteiger partial charge in [-0.1, -0.05) is 34.5 Å². The van der Waals surface area contributed by atoms with Gasteiger partial charge in [0.15, 0.2) is 5.01 Å². The van der Waals surface area contributed by atoms with Crippen molar-refractivity contribution in [3.63, 3.8) is 0 Å². The van der Waals surface area contributed by atoms with Crippen LogP contribution in [0.1, 0.15) is 5.01 Å². The molecule has 2 rings (SSSR count). The average molecular weight is 374 g/mol. The largest absolute Gasteiger partial charge is 0.485 e. The summed E-state index contributed by atoms with van der Waals surface area (Å²) in [7, 11) is 0. The van der Waals surface area contributed by atoms with Crippen LogP contribution >= 0.6 is 62.1 Å². The van der Waals surface area contributed by atoms with Gasteiger partial charge >= 0.3 is 0 Å². The topological polar surface area (TPSA) is 35.0 Å². The van der Waals surface area contributed by atoms with E-state index in [1.807, 2.05) is 0 Å². The van der Waals surface area contributed by atoms with Crippen molar-refractivity contribution in [2.24, 2.45) is 0 Å². The molecule has 2 aromatic rings. The molecule has 1 aromatic carbocycles. The summed E-state index contributed by atoms with van der Waals surface area (Å²) in [4.78, 5) is 0. The third-order valence-electron chi connectivity index (χ3n) is 1.77. The first-order chi connectivity index (χ1) is 8.06. The van der Waals surface area contributed by atoms with Crippen LogP contribution in [0.25, 0.3) is 0 Å². The fourth-order valence-electron chi connectivity index (χ4n) is 1.05. The number of ether oxygens (including phenoxy) is 1. The summed E-state index contributed by atoms with van der Waals surface area (Å²) >= 11 is 22.1. The zero-order valence-corrected chi connectivity index (χ0v) is 12.8. The highest BCUT2D eigenvalue weighted by Crippen LogP contribution is 2.34. The van der Waals surface area contributed by atoms with Crippen LogP contribution in [-0.2, 0) is 6.61 Å². The van der Waals surface area contributed by atoms with Gasteiger partial charge in [-0.3, -0.25) is 0 Å². The zero-order valence-electron chi connectivity index (χ0n) is 8.08. The molecule has 0 N–H and O–H groups in total. The molecule has 0 radical (unpaired) electrons. The molecule has 0 saturated carbocycles. The first kappa shape index (κ1) is 13.4. The number of nitrogens with zero attached hydrogens (tertiary/aromatic N) is 2. The summed E-state index contributed by atoms with van der Waals surface area (Å²) in [6.45, 7) is 0.252. The fourth-order valence-corrected chi connectivity index (χ4v) is 2.67. The molecule has 8 heteroatoms. The van der Waals surface area contributed by atoms with Gasteiger partial charge in [-0.2, -0.15) is 0 Å². The third-order valence-corrected chi connectivity index (χ3v) is 4.25. The van der Waals surface area contributed by atoms with Crippen LogP contribution in [0, 0.1) is 0 Å². The van der Waals surface area contributed by atoms with Crippen LogP contribution in [0.3, 0.4) is 0 Å². The van der Waals surface area contributed by atoms with Crippen LogP contribution in [0.15, 0.2) is 16.6 Å². The van der Waals surface area contributed by atoms with Gasteiger partial charge < -0.3 is 4.74 Å². The lowest BCUT2D eigenvalue weighted by Crippen LogP contribution is -1.95. The molecule has 0 spiro atoms. The summed E-state index contributed by atoms with van der Waals surface area (Å²) in [5.74, 6) is 0.492. The maximum atomic E-state index is 6.00. The molecule has 0 aliphatic heterocycles. The van der Waals surface area contributed by atoms with E-state index in [9.17, 15) is 0 Å². The lowest BCUT2D eigenvalue weighted by Gasteiger charge is -2.07. The predicted molar refractivity (Wildman–Crippen MR) is 73.4 cm³/mol. The Labute approximate surface area is 125 Å². The lowest BCUT2D eigenvalue weighted by atomic mass is 10.3. The van der Waals surface area contributed by atoms with Crippen molar-refractivity contribution >= 4 is 62.1 Å². The van der Waals surface area contributed by atoms with Gasteiger partial charge in [0.25, 0.3) is 0 Å². The van der Waals surface area contributed by atoms with Crippen molar-refractivity contribution in [3.05, 3.63) is 36.1 Å². The van der Waals surface area contributed by atoms with Gasteiger partial charge in [0.1, 0.15) is 12.4 Å². The molecule has 0 aliphatic rings. The first-order valence-corrected chi connectivity index (χ1v) is 7.06. The van der Waals surface area contributed by atoms with Gasteiger partial charge in [0.05, 0.1) is 10.0 Å². The summed E-state index contributed by atoms with van der Waals surface area (Å²) in [5.41, 5.74) is 0. The van der Waals surface area contributed by atoms with Gasteiger partial charge in [-0.05, 0) is 33.6 Å². The number of benzene rings is 1. The Morgan fingerprint density at radius 1 is 1.18 bits per heavy atom. The zero-order chi connectivity index (χ0) is 12.4. The minimum atomic E-state index is 0.252. The number of halogens is 4. The maximum absolute atomic E-state index is 6.00. The number of hydrogen-bond donors (Lipinski definition) is 0. The first-order valence-electron chi connectivity index (χ1n) is 4.31. The van der Waals surface area contributed by atoms with E-state index in [0.717, 1.165) is 4.47 Å². The molecule has 0 bridgehead atoms. The highest BCUT2D eigenvalue weighted by atomic mass is 79.9. The molecule has 0 saturated heterocycles. The lowest BCUT2D eigenvalue weighted by molar-refractivity contribution is 0.304. The molecular weight excluding hydrogens is 370 g/mol. The maximum Gasteiger partial charge on any atom is 0.207 e. The second-order valence-corrected chi connectivity index (χ2v) is 6.25. The van der Waals surface area contributed by atoms with E-state index in [1.54, 1.807) is 12.1 Å². The Bertz CT molecular complexity index is 549. The second-order valence-electron chi connectivity index (χ2n) is 2.93. The Kier molecular flexibility index (Phi) is 4.49. The Morgan fingerprint density at radius 3 is 2.59 bits per heavy atom. The smallest absolute Gasteiger partial charge is 0.207 e. The highest BCUT2D eigenvalue weighted by Gasteiger charge is 2.08. The Morgan fingerprint density at radius 2 is 1.94 bits per heavy atom. The van der Waals surface area contributed by atoms with Gasteiger partial charge in [-0.15, -0.1) is 10.2 Å². The van der Waals surface area contributed by atoms with Crippen molar-refractivity contribution in [1.82, 2.24) is 10.2 Å². The van der Waals surface area contributed by atoms with E-state index in [-0.39, 0.29) is 6.61 Å². The van der Waals surface area contributed by atoms with E-state index >= 15 is 0 Å². The quantitative estimate of drug-likeness (QED) is 0.721. The van der Waals surface area contributed by atoms with Crippen molar-refractivity contribution < 1.29 is 4.74 Å². The van der Waals surface area contributed by atoms with Crippen molar-refractivity contribution in [1.29, 1.82) is 0 Å². The van der Waals surface area contributed by atoms with Crippen LogP contribution in [0.2, 0.25) is 14.5 Å². The number of rotatable bonds is 3. The molecule has 90 valence electrons. The minimum absolute atomic E-state index is 0.252. The molecule has 1 aromatic heterocycles. The van der Waals surface area contributed by atoms with Crippen molar-refractivity contribution in [2.45, 2.75) is 6.61 Å². The van der Waals surface area contributed by atoms with E-state index < -0.39 is 0 Å². The van der Waals surface area contributed by atoms with E-state index in [1.165, 1.54) is 11.3 Å². The number of hydrogen-bond acceptors (Lipinski definition) is 4. The normalized spacial score (nSPS) is 10.6. The number of aromatic nitrogens is 2. The van der Waals surface area contributed by atoms with E-state index in [0.29, 0.717) is 25.3 Å². The third kappa shape index (κ3) is 3.45. The van der Waals surface area contributed by atoms with E-state index in [4.69, 9.17) is 39.5 Å². The van der Waals surface area contributed by atoms with Crippen LogP contribution in [0.4, 0.5) is 0 Å². The standard InChI is InChI=1S/C9H4BrCl3N2OS/c10-4-1-6(12)7(2-5(4)11)16-3-8-14-15-9(13)17-8/h1-2H,3H2. The average Bonchev–Trinajstić information content (AvgIpc) is 2.68. The van der Waals surface area contributed by atoms with Crippen LogP contribution in [-0.4, -0.2) is 10.2 Å². The Hall–Kier alpha value is -0.0700. The molecule has 0 aliphatic carbocycles. The molecule has 0 amide bonds. The summed E-state index contributed by atoms with van der Waals surface area (Å²) in [6, 6.07) is 3.31. The van der Waals surface area contributed by atoms with Gasteiger partial charge in [0, 0.05) is 10.5 Å². The SMILES string of the molecule is Clc1nnc(COc2cc(Cl)c(Br)cc2Cl)s1. The predicted octanol–water partition coefficient (Wildman–Crippen LogP) is 4.84. The molecule has 0 atom stereocenters. The molecule has 0 unspecified atom stereocenters. The second kappa shape index (κ2) is 5.71. The van der Waals surface area contributed by atoms with Gasteiger partial charge in [0.2, 0.25) is 4.47 Å². The van der Waals surface area contributed by atoms with Crippen molar-refractivity contribution in [2.75, 3.05) is 0 Å². The van der Waals surface area contributed by atoms with Crippen LogP contribution in [0.5, 0.6) is 5.75 Å². The highest BCUT2D eigenvalue weighted by molar-refractivity contribution is 9.10. The summed E-state index contributed by atoms with van der Waals surface area (Å²) in [6.07, 6.45) is 0. The summed E-state index contributed by atoms with van der Waals surface area (Å²) in [5, 5.41) is 9.17. The fraction of sp³-hybridized carbons (Fsp3) is 0.111. The van der Waals surface area contributed by atoms with Crippen molar-refractivity contribution in [3.8, 4) is 5.75 Å². The van der Waals surface area contributed by atoms with E-state index in [2.05, 4.69) is 26.1 Å². The molecular formula is C9H4BrCl3N2OS. The molecule has 17 heavy (non-hydrogen) atoms. The summed E-state index contributed by atoms with van der Waals surface area (Å²) < 4.78 is 6.58. The van der Waals surface area contributed by atoms with Crippen LogP contribution < -0.4 is 4.74 Å². The van der Waals surface area contributed by atoms with Gasteiger partial charge in [-0.25, -0.2) is 0 Å². The minimum Gasteiger partial charge on any atom is -0.485 e.